The van der Waals surface area contributed by atoms with E-state index < -0.39 is 0 Å². The first-order valence-electron chi connectivity index (χ1n) is 8.63. The fraction of sp³-hybridized carbons (Fsp3) is 0.250. The van der Waals surface area contributed by atoms with Gasteiger partial charge in [0.1, 0.15) is 5.75 Å². The zero-order chi connectivity index (χ0) is 19.9. The quantitative estimate of drug-likeness (QED) is 0.507. The van der Waals surface area contributed by atoms with Crippen LogP contribution in [0, 0.1) is 6.92 Å². The monoisotopic (exact) mass is 417 g/mol. The summed E-state index contributed by atoms with van der Waals surface area (Å²) >= 11 is 7.05. The first-order valence-corrected chi connectivity index (χ1v) is 9.99. The molecular formula is C20H20ClN3O3S. The van der Waals surface area contributed by atoms with Crippen LogP contribution in [0.3, 0.4) is 0 Å². The van der Waals surface area contributed by atoms with Gasteiger partial charge in [-0.1, -0.05) is 47.6 Å². The summed E-state index contributed by atoms with van der Waals surface area (Å²) in [6.07, 6.45) is 0. The van der Waals surface area contributed by atoms with Crippen molar-refractivity contribution in [1.29, 1.82) is 0 Å². The zero-order valence-electron chi connectivity index (χ0n) is 15.6. The summed E-state index contributed by atoms with van der Waals surface area (Å²) in [6, 6.07) is 15.0. The minimum absolute atomic E-state index is 0.00887. The SMILES string of the molecule is Cc1ccccc1CN(C)C(=O)CSc1nnc(COc2ccc(Cl)cc2)o1. The molecule has 1 aromatic heterocycles. The van der Waals surface area contributed by atoms with E-state index in [0.717, 1.165) is 11.1 Å². The number of aromatic nitrogens is 2. The molecule has 0 aliphatic carbocycles. The third-order valence-electron chi connectivity index (χ3n) is 4.04. The molecule has 1 heterocycles. The summed E-state index contributed by atoms with van der Waals surface area (Å²) in [4.78, 5) is 14.0. The number of carbonyl (C=O) groups is 1. The molecule has 0 radical (unpaired) electrons. The van der Waals surface area contributed by atoms with Crippen LogP contribution in [-0.2, 0) is 17.9 Å². The lowest BCUT2D eigenvalue weighted by atomic mass is 10.1. The summed E-state index contributed by atoms with van der Waals surface area (Å²) in [5, 5.41) is 8.86. The number of rotatable bonds is 8. The van der Waals surface area contributed by atoms with E-state index in [4.69, 9.17) is 20.8 Å². The molecule has 146 valence electrons. The summed E-state index contributed by atoms with van der Waals surface area (Å²) < 4.78 is 11.1. The van der Waals surface area contributed by atoms with Crippen LogP contribution in [-0.4, -0.2) is 33.8 Å². The maximum absolute atomic E-state index is 12.4. The average molecular weight is 418 g/mol. The maximum Gasteiger partial charge on any atom is 0.277 e. The Hall–Kier alpha value is -2.51. The number of ether oxygens (including phenoxy) is 1. The number of carbonyl (C=O) groups excluding carboxylic acids is 1. The van der Waals surface area contributed by atoms with Crippen molar-refractivity contribution in [3.05, 3.63) is 70.6 Å². The van der Waals surface area contributed by atoms with Gasteiger partial charge in [0.2, 0.25) is 5.91 Å². The fourth-order valence-corrected chi connectivity index (χ4v) is 3.24. The molecule has 3 aromatic rings. The number of nitrogens with zero attached hydrogens (tertiary/aromatic N) is 3. The van der Waals surface area contributed by atoms with Crippen LogP contribution >= 0.6 is 23.4 Å². The third kappa shape index (κ3) is 5.74. The molecule has 0 saturated carbocycles. The van der Waals surface area contributed by atoms with Crippen molar-refractivity contribution in [3.63, 3.8) is 0 Å². The Labute approximate surface area is 172 Å². The van der Waals surface area contributed by atoms with E-state index in [1.165, 1.54) is 11.8 Å². The molecule has 6 nitrogen and oxygen atoms in total. The van der Waals surface area contributed by atoms with Crippen molar-refractivity contribution in [3.8, 4) is 5.75 Å². The molecule has 0 unspecified atom stereocenters. The van der Waals surface area contributed by atoms with Crippen molar-refractivity contribution in [2.75, 3.05) is 12.8 Å². The Bertz CT molecular complexity index is 930. The van der Waals surface area contributed by atoms with Crippen LogP contribution in [0.1, 0.15) is 17.0 Å². The van der Waals surface area contributed by atoms with Crippen molar-refractivity contribution >= 4 is 29.3 Å². The normalized spacial score (nSPS) is 10.7. The highest BCUT2D eigenvalue weighted by molar-refractivity contribution is 7.99. The highest BCUT2D eigenvalue weighted by Gasteiger charge is 2.14. The number of amides is 1. The second kappa shape index (κ2) is 9.61. The van der Waals surface area contributed by atoms with Gasteiger partial charge in [-0.3, -0.25) is 4.79 Å². The van der Waals surface area contributed by atoms with Gasteiger partial charge in [0, 0.05) is 18.6 Å². The molecule has 0 aliphatic rings. The summed E-state index contributed by atoms with van der Waals surface area (Å²) in [6.45, 7) is 2.75. The predicted molar refractivity (Wildman–Crippen MR) is 108 cm³/mol. The van der Waals surface area contributed by atoms with Gasteiger partial charge in [-0.05, 0) is 42.3 Å². The van der Waals surface area contributed by atoms with Gasteiger partial charge in [0.15, 0.2) is 6.61 Å². The van der Waals surface area contributed by atoms with E-state index in [-0.39, 0.29) is 18.3 Å². The molecule has 0 N–H and O–H groups in total. The lowest BCUT2D eigenvalue weighted by Gasteiger charge is -2.17. The van der Waals surface area contributed by atoms with Crippen LogP contribution in [0.5, 0.6) is 5.75 Å². The van der Waals surface area contributed by atoms with E-state index in [2.05, 4.69) is 10.2 Å². The molecule has 0 spiro atoms. The van der Waals surface area contributed by atoms with E-state index in [0.29, 0.717) is 28.4 Å². The van der Waals surface area contributed by atoms with Crippen molar-refractivity contribution < 1.29 is 13.9 Å². The molecule has 0 bridgehead atoms. The Morgan fingerprint density at radius 1 is 1.18 bits per heavy atom. The predicted octanol–water partition coefficient (Wildman–Crippen LogP) is 4.36. The Morgan fingerprint density at radius 2 is 1.93 bits per heavy atom. The van der Waals surface area contributed by atoms with Crippen molar-refractivity contribution in [2.24, 2.45) is 0 Å². The molecule has 8 heteroatoms. The fourth-order valence-electron chi connectivity index (χ4n) is 2.40. The zero-order valence-corrected chi connectivity index (χ0v) is 17.2. The number of aryl methyl sites for hydroxylation is 1. The molecule has 1 amide bonds. The van der Waals surface area contributed by atoms with Crippen LogP contribution < -0.4 is 4.74 Å². The minimum Gasteiger partial charge on any atom is -0.484 e. The van der Waals surface area contributed by atoms with Gasteiger partial charge in [0.25, 0.3) is 11.1 Å². The van der Waals surface area contributed by atoms with Gasteiger partial charge in [-0.2, -0.15) is 0 Å². The van der Waals surface area contributed by atoms with Crippen molar-refractivity contribution in [2.45, 2.75) is 25.3 Å². The number of thioether (sulfide) groups is 1. The molecule has 3 rings (SSSR count). The Morgan fingerprint density at radius 3 is 2.68 bits per heavy atom. The van der Waals surface area contributed by atoms with Crippen LogP contribution in [0.25, 0.3) is 0 Å². The lowest BCUT2D eigenvalue weighted by Crippen LogP contribution is -2.28. The Kier molecular flexibility index (Phi) is 6.95. The first kappa shape index (κ1) is 20.2. The topological polar surface area (TPSA) is 68.5 Å². The Balaban J connectivity index is 1.46. The molecule has 0 aliphatic heterocycles. The number of halogens is 1. The highest BCUT2D eigenvalue weighted by atomic mass is 35.5. The van der Waals surface area contributed by atoms with Gasteiger partial charge < -0.3 is 14.1 Å². The second-order valence-electron chi connectivity index (χ2n) is 6.17. The van der Waals surface area contributed by atoms with E-state index >= 15 is 0 Å². The van der Waals surface area contributed by atoms with Gasteiger partial charge in [-0.15, -0.1) is 10.2 Å². The van der Waals surface area contributed by atoms with E-state index in [9.17, 15) is 4.79 Å². The molecular weight excluding hydrogens is 398 g/mol. The molecule has 0 atom stereocenters. The molecule has 0 saturated heterocycles. The largest absolute Gasteiger partial charge is 0.484 e. The average Bonchev–Trinajstić information content (AvgIpc) is 3.15. The van der Waals surface area contributed by atoms with Crippen molar-refractivity contribution in [1.82, 2.24) is 15.1 Å². The van der Waals surface area contributed by atoms with Crippen LogP contribution in [0.4, 0.5) is 0 Å². The van der Waals surface area contributed by atoms with E-state index in [1.807, 2.05) is 31.2 Å². The third-order valence-corrected chi connectivity index (χ3v) is 5.09. The standard InChI is InChI=1S/C20H20ClN3O3S/c1-14-5-3-4-6-15(14)11-24(2)19(25)13-28-20-23-22-18(27-20)12-26-17-9-7-16(21)8-10-17/h3-10H,11-13H2,1-2H3. The lowest BCUT2D eigenvalue weighted by molar-refractivity contribution is -0.127. The molecule has 0 fully saturated rings. The first-order chi connectivity index (χ1) is 13.5. The minimum atomic E-state index is -0.00887. The van der Waals surface area contributed by atoms with Gasteiger partial charge in [-0.25, -0.2) is 0 Å². The second-order valence-corrected chi connectivity index (χ2v) is 7.53. The number of hydrogen-bond acceptors (Lipinski definition) is 6. The van der Waals surface area contributed by atoms with Crippen LogP contribution in [0.15, 0.2) is 58.2 Å². The summed E-state index contributed by atoms with van der Waals surface area (Å²) in [7, 11) is 1.79. The highest BCUT2D eigenvalue weighted by Crippen LogP contribution is 2.20. The summed E-state index contributed by atoms with van der Waals surface area (Å²) in [5.41, 5.74) is 2.29. The maximum atomic E-state index is 12.4. The molecule has 2 aromatic carbocycles. The number of hydrogen-bond donors (Lipinski definition) is 0. The van der Waals surface area contributed by atoms with E-state index in [1.54, 1.807) is 36.2 Å². The smallest absolute Gasteiger partial charge is 0.277 e. The van der Waals surface area contributed by atoms with Gasteiger partial charge in [0.05, 0.1) is 5.75 Å². The molecule has 28 heavy (non-hydrogen) atoms. The van der Waals surface area contributed by atoms with Crippen LogP contribution in [0.2, 0.25) is 5.02 Å². The summed E-state index contributed by atoms with van der Waals surface area (Å²) in [5.74, 6) is 1.22. The van der Waals surface area contributed by atoms with Gasteiger partial charge >= 0.3 is 0 Å². The number of benzene rings is 2.